The molecule has 1 aromatic heterocycles. The zero-order chi connectivity index (χ0) is 13.6. The van der Waals surface area contributed by atoms with Gasteiger partial charge < -0.3 is 4.98 Å². The van der Waals surface area contributed by atoms with Crippen LogP contribution in [-0.2, 0) is 0 Å². The van der Waals surface area contributed by atoms with Gasteiger partial charge in [0.05, 0.1) is 16.6 Å². The van der Waals surface area contributed by atoms with E-state index in [-0.39, 0.29) is 5.82 Å². The molecule has 2 aromatic carbocycles. The molecule has 0 saturated carbocycles. The third-order valence-electron chi connectivity index (χ3n) is 3.11. The summed E-state index contributed by atoms with van der Waals surface area (Å²) in [6.45, 7) is 4.02. The molecule has 0 fully saturated rings. The Morgan fingerprint density at radius 2 is 1.95 bits per heavy atom. The highest BCUT2D eigenvalue weighted by Crippen LogP contribution is 2.27. The summed E-state index contributed by atoms with van der Waals surface area (Å²) in [6, 6.07) is 8.66. The molecule has 0 spiro atoms. The zero-order valence-corrected chi connectivity index (χ0v) is 11.3. The van der Waals surface area contributed by atoms with Crippen molar-refractivity contribution in [1.29, 1.82) is 0 Å². The van der Waals surface area contributed by atoms with Crippen molar-refractivity contribution in [1.82, 2.24) is 9.97 Å². The van der Waals surface area contributed by atoms with E-state index in [0.717, 1.165) is 22.2 Å². The fourth-order valence-corrected chi connectivity index (χ4v) is 2.44. The molecule has 0 aliphatic heterocycles. The van der Waals surface area contributed by atoms with E-state index in [1.807, 2.05) is 19.9 Å². The molecule has 3 rings (SSSR count). The number of fused-ring (bicyclic) bond motifs is 1. The number of imidazole rings is 1. The van der Waals surface area contributed by atoms with Crippen LogP contribution < -0.4 is 0 Å². The molecule has 0 unspecified atom stereocenters. The molecule has 4 heteroatoms. The summed E-state index contributed by atoms with van der Waals surface area (Å²) in [5.41, 5.74) is 4.44. The summed E-state index contributed by atoms with van der Waals surface area (Å²) in [4.78, 5) is 7.64. The monoisotopic (exact) mass is 274 g/mol. The Morgan fingerprint density at radius 1 is 1.16 bits per heavy atom. The number of aromatic nitrogens is 2. The molecule has 0 atom stereocenters. The van der Waals surface area contributed by atoms with Crippen LogP contribution in [-0.4, -0.2) is 9.97 Å². The highest BCUT2D eigenvalue weighted by molar-refractivity contribution is 6.30. The summed E-state index contributed by atoms with van der Waals surface area (Å²) in [5.74, 6) is 0.152. The van der Waals surface area contributed by atoms with E-state index in [9.17, 15) is 4.39 Å². The van der Waals surface area contributed by atoms with Gasteiger partial charge in [0.25, 0.3) is 0 Å². The van der Waals surface area contributed by atoms with E-state index in [0.29, 0.717) is 16.4 Å². The highest BCUT2D eigenvalue weighted by Gasteiger charge is 2.11. The first kappa shape index (κ1) is 12.2. The number of hydrogen-bond acceptors (Lipinski definition) is 1. The Hall–Kier alpha value is -1.87. The molecule has 96 valence electrons. The summed E-state index contributed by atoms with van der Waals surface area (Å²) < 4.78 is 13.9. The fourth-order valence-electron chi connectivity index (χ4n) is 2.28. The molecule has 0 aliphatic carbocycles. The van der Waals surface area contributed by atoms with Crippen molar-refractivity contribution in [2.45, 2.75) is 13.8 Å². The van der Waals surface area contributed by atoms with Crippen molar-refractivity contribution >= 4 is 22.6 Å². The van der Waals surface area contributed by atoms with Crippen LogP contribution in [0.2, 0.25) is 5.02 Å². The molecule has 3 aromatic rings. The van der Waals surface area contributed by atoms with Gasteiger partial charge in [0.15, 0.2) is 0 Å². The quantitative estimate of drug-likeness (QED) is 0.688. The van der Waals surface area contributed by atoms with E-state index >= 15 is 0 Å². The summed E-state index contributed by atoms with van der Waals surface area (Å²) in [5, 5.41) is 0.379. The van der Waals surface area contributed by atoms with Gasteiger partial charge in [0, 0.05) is 5.02 Å². The van der Waals surface area contributed by atoms with E-state index in [4.69, 9.17) is 11.6 Å². The average Bonchev–Trinajstić information content (AvgIpc) is 2.72. The molecule has 0 bridgehead atoms. The predicted octanol–water partition coefficient (Wildman–Crippen LogP) is 4.64. The van der Waals surface area contributed by atoms with Gasteiger partial charge in [-0.1, -0.05) is 17.7 Å². The second kappa shape index (κ2) is 4.35. The third-order valence-corrected chi connectivity index (χ3v) is 3.34. The second-order valence-corrected chi connectivity index (χ2v) is 5.12. The Labute approximate surface area is 115 Å². The second-order valence-electron chi connectivity index (χ2n) is 4.69. The van der Waals surface area contributed by atoms with Gasteiger partial charge in [0.2, 0.25) is 0 Å². The Morgan fingerprint density at radius 3 is 2.68 bits per heavy atom. The molecule has 0 amide bonds. The van der Waals surface area contributed by atoms with Crippen LogP contribution in [0.3, 0.4) is 0 Å². The standard InChI is InChI=1S/C15H12ClFN2/c1-8-5-9(2)14-13(6-8)18-15(19-14)11-4-3-10(16)7-12(11)17/h3-7H,1-2H3,(H,18,19). The first-order valence-electron chi connectivity index (χ1n) is 5.97. The van der Waals surface area contributed by atoms with Crippen molar-refractivity contribution < 1.29 is 4.39 Å². The molecule has 19 heavy (non-hydrogen) atoms. The number of aromatic amines is 1. The highest BCUT2D eigenvalue weighted by atomic mass is 35.5. The number of H-pyrrole nitrogens is 1. The number of benzene rings is 2. The Bertz CT molecular complexity index is 777. The molecule has 1 N–H and O–H groups in total. The average molecular weight is 275 g/mol. The number of nitrogens with zero attached hydrogens (tertiary/aromatic N) is 1. The van der Waals surface area contributed by atoms with E-state index in [1.54, 1.807) is 12.1 Å². The molecular weight excluding hydrogens is 263 g/mol. The van der Waals surface area contributed by atoms with Gasteiger partial charge >= 0.3 is 0 Å². The molecule has 0 radical (unpaired) electrons. The van der Waals surface area contributed by atoms with Crippen LogP contribution in [0.15, 0.2) is 30.3 Å². The zero-order valence-electron chi connectivity index (χ0n) is 10.6. The van der Waals surface area contributed by atoms with Gasteiger partial charge in [-0.3, -0.25) is 0 Å². The lowest BCUT2D eigenvalue weighted by Gasteiger charge is -1.99. The van der Waals surface area contributed by atoms with E-state index < -0.39 is 0 Å². The summed E-state index contributed by atoms with van der Waals surface area (Å²) >= 11 is 5.76. The molecule has 0 aliphatic rings. The van der Waals surface area contributed by atoms with Crippen LogP contribution in [0.25, 0.3) is 22.4 Å². The maximum absolute atomic E-state index is 13.9. The largest absolute Gasteiger partial charge is 0.338 e. The van der Waals surface area contributed by atoms with Gasteiger partial charge in [-0.15, -0.1) is 0 Å². The van der Waals surface area contributed by atoms with Gasteiger partial charge in [0.1, 0.15) is 11.6 Å². The number of aryl methyl sites for hydroxylation is 2. The van der Waals surface area contributed by atoms with Crippen molar-refractivity contribution in [3.05, 3.63) is 52.3 Å². The molecule has 1 heterocycles. The first-order chi connectivity index (χ1) is 9.04. The van der Waals surface area contributed by atoms with Crippen LogP contribution >= 0.6 is 11.6 Å². The van der Waals surface area contributed by atoms with Gasteiger partial charge in [-0.2, -0.15) is 0 Å². The van der Waals surface area contributed by atoms with Gasteiger partial charge in [-0.05, 0) is 49.2 Å². The Kier molecular flexibility index (Phi) is 2.79. The topological polar surface area (TPSA) is 28.7 Å². The van der Waals surface area contributed by atoms with Crippen molar-refractivity contribution in [3.8, 4) is 11.4 Å². The molecule has 2 nitrogen and oxygen atoms in total. The van der Waals surface area contributed by atoms with Gasteiger partial charge in [-0.25, -0.2) is 9.37 Å². The number of rotatable bonds is 1. The van der Waals surface area contributed by atoms with Crippen molar-refractivity contribution in [3.63, 3.8) is 0 Å². The minimum Gasteiger partial charge on any atom is -0.338 e. The lowest BCUT2D eigenvalue weighted by Crippen LogP contribution is -1.86. The number of halogens is 2. The normalized spacial score (nSPS) is 11.2. The van der Waals surface area contributed by atoms with Crippen molar-refractivity contribution in [2.24, 2.45) is 0 Å². The van der Waals surface area contributed by atoms with E-state index in [1.165, 1.54) is 6.07 Å². The van der Waals surface area contributed by atoms with Crippen molar-refractivity contribution in [2.75, 3.05) is 0 Å². The summed E-state index contributed by atoms with van der Waals surface area (Å²) in [7, 11) is 0. The number of nitrogens with one attached hydrogen (secondary N) is 1. The maximum Gasteiger partial charge on any atom is 0.141 e. The lowest BCUT2D eigenvalue weighted by atomic mass is 10.1. The Balaban J connectivity index is 2.23. The third kappa shape index (κ3) is 2.10. The minimum absolute atomic E-state index is 0.374. The van der Waals surface area contributed by atoms with E-state index in [2.05, 4.69) is 16.0 Å². The summed E-state index contributed by atoms with van der Waals surface area (Å²) in [6.07, 6.45) is 0. The fraction of sp³-hybridized carbons (Fsp3) is 0.133. The smallest absolute Gasteiger partial charge is 0.141 e. The SMILES string of the molecule is Cc1cc(C)c2nc(-c3ccc(Cl)cc3F)[nH]c2c1. The van der Waals surface area contributed by atoms with Crippen LogP contribution in [0.4, 0.5) is 4.39 Å². The van der Waals surface area contributed by atoms with Crippen LogP contribution in [0, 0.1) is 19.7 Å². The van der Waals surface area contributed by atoms with Crippen LogP contribution in [0.5, 0.6) is 0 Å². The minimum atomic E-state index is -0.374. The predicted molar refractivity (Wildman–Crippen MR) is 76.0 cm³/mol. The number of hydrogen-bond donors (Lipinski definition) is 1. The maximum atomic E-state index is 13.9. The first-order valence-corrected chi connectivity index (χ1v) is 6.35. The van der Waals surface area contributed by atoms with Crippen LogP contribution in [0.1, 0.15) is 11.1 Å². The lowest BCUT2D eigenvalue weighted by molar-refractivity contribution is 0.630. The molecular formula is C15H12ClFN2. The molecule has 0 saturated heterocycles.